The zero-order valence-electron chi connectivity index (χ0n) is 14.0. The van der Waals surface area contributed by atoms with Crippen LogP contribution in [0.3, 0.4) is 0 Å². The van der Waals surface area contributed by atoms with Crippen LogP contribution >= 0.6 is 0 Å². The zero-order valence-corrected chi connectivity index (χ0v) is 14.0. The van der Waals surface area contributed by atoms with Gasteiger partial charge in [0.15, 0.2) is 0 Å². The summed E-state index contributed by atoms with van der Waals surface area (Å²) in [7, 11) is 0. The molecule has 2 aromatic carbocycles. The van der Waals surface area contributed by atoms with Gasteiger partial charge < -0.3 is 15.7 Å². The van der Waals surface area contributed by atoms with Gasteiger partial charge in [-0.05, 0) is 48.4 Å². The number of aliphatic hydroxyl groups excluding tert-OH is 1. The number of aliphatic hydroxyl groups is 1. The van der Waals surface area contributed by atoms with Crippen LogP contribution in [0.5, 0.6) is 0 Å². The normalized spacial score (nSPS) is 16.1. The Bertz CT molecular complexity index is 687. The second-order valence-corrected chi connectivity index (χ2v) is 6.46. The number of hydrogen-bond acceptors (Lipinski definition) is 2. The molecule has 0 aromatic heterocycles. The smallest absolute Gasteiger partial charge is 0.315 e. The molecule has 2 atom stereocenters. The van der Waals surface area contributed by atoms with Crippen molar-refractivity contribution in [2.75, 3.05) is 6.61 Å². The molecule has 5 heteroatoms. The quantitative estimate of drug-likeness (QED) is 0.718. The van der Waals surface area contributed by atoms with Gasteiger partial charge in [-0.2, -0.15) is 0 Å². The molecule has 1 aliphatic carbocycles. The maximum atomic E-state index is 13.2. The van der Waals surface area contributed by atoms with Gasteiger partial charge in [-0.1, -0.05) is 42.5 Å². The van der Waals surface area contributed by atoms with Crippen LogP contribution in [0.15, 0.2) is 54.6 Å². The van der Waals surface area contributed by atoms with Gasteiger partial charge in [-0.3, -0.25) is 0 Å². The highest BCUT2D eigenvalue weighted by atomic mass is 19.1. The van der Waals surface area contributed by atoms with E-state index in [1.807, 2.05) is 30.3 Å². The topological polar surface area (TPSA) is 61.4 Å². The lowest BCUT2D eigenvalue weighted by Gasteiger charge is -2.23. The van der Waals surface area contributed by atoms with E-state index in [9.17, 15) is 14.3 Å². The van der Waals surface area contributed by atoms with Crippen LogP contribution in [-0.4, -0.2) is 17.7 Å². The van der Waals surface area contributed by atoms with Crippen molar-refractivity contribution in [1.29, 1.82) is 0 Å². The van der Waals surface area contributed by atoms with Crippen molar-refractivity contribution in [3.63, 3.8) is 0 Å². The van der Waals surface area contributed by atoms with Gasteiger partial charge in [0.2, 0.25) is 0 Å². The van der Waals surface area contributed by atoms with Crippen molar-refractivity contribution in [3.05, 3.63) is 71.5 Å². The highest BCUT2D eigenvalue weighted by Gasteiger charge is 2.33. The number of carbonyl (C=O) groups is 1. The molecular weight excluding hydrogens is 319 g/mol. The Morgan fingerprint density at radius 3 is 2.32 bits per heavy atom. The monoisotopic (exact) mass is 342 g/mol. The van der Waals surface area contributed by atoms with Gasteiger partial charge in [-0.15, -0.1) is 0 Å². The molecule has 1 aliphatic rings. The van der Waals surface area contributed by atoms with Crippen LogP contribution in [-0.2, 0) is 0 Å². The molecule has 2 aromatic rings. The molecule has 3 N–H and O–H groups in total. The average molecular weight is 342 g/mol. The molecule has 2 amide bonds. The van der Waals surface area contributed by atoms with Crippen LogP contribution in [0, 0.1) is 11.7 Å². The lowest BCUT2D eigenvalue weighted by molar-refractivity contribution is 0.224. The average Bonchev–Trinajstić information content (AvgIpc) is 3.46. The predicted molar refractivity (Wildman–Crippen MR) is 94.4 cm³/mol. The number of halogens is 1. The van der Waals surface area contributed by atoms with Crippen molar-refractivity contribution >= 4 is 6.03 Å². The molecule has 0 radical (unpaired) electrons. The first-order valence-electron chi connectivity index (χ1n) is 8.65. The summed E-state index contributed by atoms with van der Waals surface area (Å²) < 4.78 is 13.2. The first kappa shape index (κ1) is 17.4. The fraction of sp³-hybridized carbons (Fsp3) is 0.350. The van der Waals surface area contributed by atoms with Crippen LogP contribution < -0.4 is 10.6 Å². The van der Waals surface area contributed by atoms with E-state index in [0.717, 1.165) is 24.0 Å². The first-order chi connectivity index (χ1) is 12.2. The lowest BCUT2D eigenvalue weighted by Crippen LogP contribution is -2.40. The Hall–Kier alpha value is -2.40. The number of nitrogens with one attached hydrogen (secondary N) is 2. The summed E-state index contributed by atoms with van der Waals surface area (Å²) in [4.78, 5) is 12.5. The maximum absolute atomic E-state index is 13.2. The largest absolute Gasteiger partial charge is 0.396 e. The minimum atomic E-state index is -0.283. The van der Waals surface area contributed by atoms with Gasteiger partial charge in [0.05, 0.1) is 12.1 Å². The van der Waals surface area contributed by atoms with E-state index in [-0.39, 0.29) is 30.5 Å². The van der Waals surface area contributed by atoms with Crippen LogP contribution in [0.25, 0.3) is 0 Å². The molecule has 1 fully saturated rings. The Labute approximate surface area is 147 Å². The maximum Gasteiger partial charge on any atom is 0.315 e. The van der Waals surface area contributed by atoms with E-state index in [1.54, 1.807) is 12.1 Å². The van der Waals surface area contributed by atoms with E-state index in [1.165, 1.54) is 12.1 Å². The van der Waals surface area contributed by atoms with E-state index in [0.29, 0.717) is 12.3 Å². The molecule has 0 bridgehead atoms. The van der Waals surface area contributed by atoms with Crippen molar-refractivity contribution < 1.29 is 14.3 Å². The Morgan fingerprint density at radius 1 is 1.04 bits per heavy atom. The highest BCUT2D eigenvalue weighted by Crippen LogP contribution is 2.41. The van der Waals surface area contributed by atoms with E-state index >= 15 is 0 Å². The third kappa shape index (κ3) is 4.79. The summed E-state index contributed by atoms with van der Waals surface area (Å²) >= 11 is 0. The highest BCUT2D eigenvalue weighted by molar-refractivity contribution is 5.75. The summed E-state index contributed by atoms with van der Waals surface area (Å²) in [5, 5.41) is 15.3. The minimum Gasteiger partial charge on any atom is -0.396 e. The molecule has 0 saturated heterocycles. The van der Waals surface area contributed by atoms with E-state index in [4.69, 9.17) is 0 Å². The number of carbonyl (C=O) groups excluding carboxylic acids is 1. The molecule has 4 nitrogen and oxygen atoms in total. The summed E-state index contributed by atoms with van der Waals surface area (Å²) in [6.07, 6.45) is 2.56. The minimum absolute atomic E-state index is 0.0101. The number of hydrogen-bond donors (Lipinski definition) is 3. The van der Waals surface area contributed by atoms with E-state index < -0.39 is 0 Å². The summed E-state index contributed by atoms with van der Waals surface area (Å²) in [5.74, 6) is 0.110. The molecule has 0 aliphatic heterocycles. The first-order valence-corrected chi connectivity index (χ1v) is 8.65. The molecule has 25 heavy (non-hydrogen) atoms. The van der Waals surface area contributed by atoms with Crippen molar-refractivity contribution in [3.8, 4) is 0 Å². The predicted octanol–water partition coefficient (Wildman–Crippen LogP) is 3.70. The second kappa shape index (κ2) is 8.12. The Balaban J connectivity index is 1.67. The molecule has 0 spiro atoms. The Morgan fingerprint density at radius 2 is 1.72 bits per heavy atom. The fourth-order valence-corrected chi connectivity index (χ4v) is 3.05. The second-order valence-electron chi connectivity index (χ2n) is 6.46. The summed E-state index contributed by atoms with van der Waals surface area (Å²) in [5.41, 5.74) is 1.87. The van der Waals surface area contributed by atoms with Gasteiger partial charge in [-0.25, -0.2) is 9.18 Å². The standard InChI is InChI=1S/C20H23FN2O2/c21-17-10-8-16(9-11-17)19(15-6-7-15)23-20(25)22-18(12-13-24)14-4-2-1-3-5-14/h1-5,8-11,15,18-19,24H,6-7,12-13H2,(H2,22,23,25)/t18-,19?/m1/s1. The zero-order chi connectivity index (χ0) is 17.6. The van der Waals surface area contributed by atoms with Gasteiger partial charge in [0.25, 0.3) is 0 Å². The third-order valence-electron chi connectivity index (χ3n) is 4.53. The number of amides is 2. The lowest BCUT2D eigenvalue weighted by atomic mass is 10.0. The number of rotatable bonds is 7. The molecule has 132 valence electrons. The molecular formula is C20H23FN2O2. The summed E-state index contributed by atoms with van der Waals surface area (Å²) in [6.45, 7) is -0.0101. The van der Waals surface area contributed by atoms with Crippen molar-refractivity contribution in [1.82, 2.24) is 10.6 Å². The van der Waals surface area contributed by atoms with Crippen molar-refractivity contribution in [2.24, 2.45) is 5.92 Å². The van der Waals surface area contributed by atoms with Crippen molar-refractivity contribution in [2.45, 2.75) is 31.3 Å². The number of benzene rings is 2. The fourth-order valence-electron chi connectivity index (χ4n) is 3.05. The van der Waals surface area contributed by atoms with Gasteiger partial charge in [0, 0.05) is 6.61 Å². The third-order valence-corrected chi connectivity index (χ3v) is 4.53. The Kier molecular flexibility index (Phi) is 5.66. The van der Waals surface area contributed by atoms with E-state index in [2.05, 4.69) is 10.6 Å². The molecule has 1 unspecified atom stereocenters. The SMILES string of the molecule is O=C(NC(c1ccc(F)cc1)C1CC1)N[C@H](CCO)c1ccccc1. The molecule has 3 rings (SSSR count). The molecule has 0 heterocycles. The van der Waals surface area contributed by atoms with Gasteiger partial charge >= 0.3 is 6.03 Å². The number of urea groups is 1. The van der Waals surface area contributed by atoms with Crippen LogP contribution in [0.2, 0.25) is 0 Å². The van der Waals surface area contributed by atoms with Gasteiger partial charge in [0.1, 0.15) is 5.82 Å². The molecule has 1 saturated carbocycles. The van der Waals surface area contributed by atoms with Crippen LogP contribution in [0.4, 0.5) is 9.18 Å². The summed E-state index contributed by atoms with van der Waals surface area (Å²) in [6, 6.07) is 15.2. The van der Waals surface area contributed by atoms with Crippen LogP contribution in [0.1, 0.15) is 42.5 Å².